The minimum atomic E-state index is -3.55. The van der Waals surface area contributed by atoms with Crippen LogP contribution in [0.1, 0.15) is 40.2 Å². The molecular weight excluding hydrogens is 392 g/mol. The highest BCUT2D eigenvalue weighted by Gasteiger charge is 2.31. The number of nitrogens with zero attached hydrogens (tertiary/aromatic N) is 1. The van der Waals surface area contributed by atoms with Crippen molar-refractivity contribution in [1.29, 1.82) is 0 Å². The van der Waals surface area contributed by atoms with E-state index in [-0.39, 0.29) is 28.8 Å². The van der Waals surface area contributed by atoms with E-state index in [0.717, 1.165) is 10.5 Å². The second-order valence-electron chi connectivity index (χ2n) is 8.78. The minimum Gasteiger partial charge on any atom is -0.336 e. The summed E-state index contributed by atoms with van der Waals surface area (Å²) in [7, 11) is -3.55. The van der Waals surface area contributed by atoms with Crippen LogP contribution in [-0.2, 0) is 20.2 Å². The van der Waals surface area contributed by atoms with E-state index in [1.54, 1.807) is 12.1 Å². The van der Waals surface area contributed by atoms with E-state index in [2.05, 4.69) is 31.4 Å². The summed E-state index contributed by atoms with van der Waals surface area (Å²) in [4.78, 5) is 24.8. The normalized spacial score (nSPS) is 16.6. The number of rotatable bonds is 5. The van der Waals surface area contributed by atoms with Crippen LogP contribution < -0.4 is 15.5 Å². The first kappa shape index (κ1) is 23.3. The highest BCUT2D eigenvalue weighted by Crippen LogP contribution is 2.24. The van der Waals surface area contributed by atoms with Crippen molar-refractivity contribution in [3.63, 3.8) is 0 Å². The number of quaternary nitrogens is 1. The van der Waals surface area contributed by atoms with Crippen LogP contribution in [0.15, 0.2) is 29.2 Å². The van der Waals surface area contributed by atoms with Gasteiger partial charge in [-0.25, -0.2) is 13.2 Å². The first-order chi connectivity index (χ1) is 13.4. The molecule has 0 aromatic heterocycles. The first-order valence-electron chi connectivity index (χ1n) is 9.94. The molecule has 1 aromatic carbocycles. The van der Waals surface area contributed by atoms with Gasteiger partial charge in [0.1, 0.15) is 0 Å². The van der Waals surface area contributed by atoms with E-state index in [4.69, 9.17) is 0 Å². The maximum atomic E-state index is 12.9. The Morgan fingerprint density at radius 3 is 2.14 bits per heavy atom. The molecule has 0 bridgehead atoms. The maximum Gasteiger partial charge on any atom is 0.321 e. The maximum absolute atomic E-state index is 12.9. The lowest BCUT2D eigenvalue weighted by Crippen LogP contribution is -3.15. The number of benzene rings is 1. The van der Waals surface area contributed by atoms with Gasteiger partial charge in [-0.3, -0.25) is 10.1 Å². The largest absolute Gasteiger partial charge is 0.336 e. The Bertz CT molecular complexity index is 821. The average molecular weight is 426 g/mol. The molecular formula is C20H33N4O4S+. The van der Waals surface area contributed by atoms with E-state index < -0.39 is 16.1 Å². The van der Waals surface area contributed by atoms with Gasteiger partial charge < -0.3 is 10.2 Å². The van der Waals surface area contributed by atoms with Crippen molar-refractivity contribution in [1.82, 2.24) is 14.9 Å². The lowest BCUT2D eigenvalue weighted by molar-refractivity contribution is -0.895. The van der Waals surface area contributed by atoms with Crippen molar-refractivity contribution in [2.75, 3.05) is 32.7 Å². The van der Waals surface area contributed by atoms with Gasteiger partial charge in [-0.15, -0.1) is 0 Å². The average Bonchev–Trinajstić information content (AvgIpc) is 2.60. The number of sulfonamides is 1. The van der Waals surface area contributed by atoms with E-state index >= 15 is 0 Å². The molecule has 9 heteroatoms. The molecule has 1 aliphatic heterocycles. The highest BCUT2D eigenvalue weighted by atomic mass is 32.2. The summed E-state index contributed by atoms with van der Waals surface area (Å²) in [5.74, 6) is -0.368. The topological polar surface area (TPSA) is 100 Å². The van der Waals surface area contributed by atoms with Crippen LogP contribution in [0.25, 0.3) is 0 Å². The van der Waals surface area contributed by atoms with Crippen molar-refractivity contribution in [3.05, 3.63) is 29.8 Å². The Hall–Kier alpha value is -1.97. The number of carbonyl (C=O) groups excluding carboxylic acids is 2. The molecule has 0 spiro atoms. The van der Waals surface area contributed by atoms with E-state index in [0.29, 0.717) is 26.2 Å². The zero-order valence-electron chi connectivity index (χ0n) is 17.9. The van der Waals surface area contributed by atoms with Crippen LogP contribution in [0.5, 0.6) is 0 Å². The highest BCUT2D eigenvalue weighted by molar-refractivity contribution is 7.89. The monoisotopic (exact) mass is 425 g/mol. The van der Waals surface area contributed by atoms with Gasteiger partial charge in [0, 0.05) is 6.04 Å². The molecule has 29 heavy (non-hydrogen) atoms. The third-order valence-electron chi connectivity index (χ3n) is 4.87. The zero-order chi connectivity index (χ0) is 21.8. The standard InChI is InChI=1S/C20H32N4O4S/c1-15(2)21-19(26)22-18(25)14-23-10-12-24(13-11-23)29(27,28)17-8-6-16(7-9-17)20(3,4)5/h6-9,15H,10-14H2,1-5H3,(H2,21,22,25,26)/p+1. The molecule has 0 saturated carbocycles. The summed E-state index contributed by atoms with van der Waals surface area (Å²) in [6, 6.07) is 6.49. The molecule has 162 valence electrons. The Morgan fingerprint density at radius 1 is 1.10 bits per heavy atom. The summed E-state index contributed by atoms with van der Waals surface area (Å²) in [6.07, 6.45) is 0. The molecule has 3 N–H and O–H groups in total. The molecule has 0 radical (unpaired) electrons. The third kappa shape index (κ3) is 6.52. The molecule has 3 amide bonds. The third-order valence-corrected chi connectivity index (χ3v) is 6.78. The number of urea groups is 1. The second-order valence-corrected chi connectivity index (χ2v) is 10.7. The molecule has 0 aliphatic carbocycles. The minimum absolute atomic E-state index is 0.0378. The van der Waals surface area contributed by atoms with Crippen molar-refractivity contribution < 1.29 is 22.9 Å². The van der Waals surface area contributed by atoms with Gasteiger partial charge in [0.25, 0.3) is 5.91 Å². The summed E-state index contributed by atoms with van der Waals surface area (Å²) < 4.78 is 27.3. The van der Waals surface area contributed by atoms with Crippen molar-refractivity contribution in [3.8, 4) is 0 Å². The van der Waals surface area contributed by atoms with Gasteiger partial charge in [0.15, 0.2) is 6.54 Å². The van der Waals surface area contributed by atoms with Gasteiger partial charge in [-0.05, 0) is 37.0 Å². The smallest absolute Gasteiger partial charge is 0.321 e. The zero-order valence-corrected chi connectivity index (χ0v) is 18.7. The molecule has 1 aromatic rings. The number of hydrogen-bond donors (Lipinski definition) is 3. The second kappa shape index (κ2) is 9.23. The van der Waals surface area contributed by atoms with E-state index in [9.17, 15) is 18.0 Å². The lowest BCUT2D eigenvalue weighted by atomic mass is 9.87. The fourth-order valence-corrected chi connectivity index (χ4v) is 4.63. The first-order valence-corrected chi connectivity index (χ1v) is 11.4. The predicted octanol–water partition coefficient (Wildman–Crippen LogP) is 0.108. The van der Waals surface area contributed by atoms with Crippen molar-refractivity contribution in [2.45, 2.75) is 51.0 Å². The SMILES string of the molecule is CC(C)NC(=O)NC(=O)C[NH+]1CCN(S(=O)(=O)c2ccc(C(C)(C)C)cc2)CC1. The molecule has 1 fully saturated rings. The fraction of sp³-hybridized carbons (Fsp3) is 0.600. The Labute approximate surface area is 173 Å². The van der Waals surface area contributed by atoms with Crippen LogP contribution in [0, 0.1) is 0 Å². The van der Waals surface area contributed by atoms with Crippen molar-refractivity contribution in [2.24, 2.45) is 0 Å². The number of hydrogen-bond acceptors (Lipinski definition) is 4. The van der Waals surface area contributed by atoms with Crippen LogP contribution in [0.2, 0.25) is 0 Å². The number of imide groups is 1. The fourth-order valence-electron chi connectivity index (χ4n) is 3.19. The van der Waals surface area contributed by atoms with Gasteiger partial charge in [-0.2, -0.15) is 4.31 Å². The molecule has 1 heterocycles. The number of carbonyl (C=O) groups is 2. The molecule has 2 rings (SSSR count). The number of nitrogens with one attached hydrogen (secondary N) is 3. The van der Waals surface area contributed by atoms with Gasteiger partial charge in [0.2, 0.25) is 10.0 Å². The summed E-state index contributed by atoms with van der Waals surface area (Å²) in [5.41, 5.74) is 1.04. The van der Waals surface area contributed by atoms with Gasteiger partial charge in [0.05, 0.1) is 31.1 Å². The van der Waals surface area contributed by atoms with Gasteiger partial charge >= 0.3 is 6.03 Å². The summed E-state index contributed by atoms with van der Waals surface area (Å²) >= 11 is 0. The van der Waals surface area contributed by atoms with Gasteiger partial charge in [-0.1, -0.05) is 32.9 Å². The predicted molar refractivity (Wildman–Crippen MR) is 111 cm³/mol. The molecule has 1 aliphatic rings. The lowest BCUT2D eigenvalue weighted by Gasteiger charge is -2.31. The van der Waals surface area contributed by atoms with Crippen LogP contribution in [0.4, 0.5) is 4.79 Å². The Balaban J connectivity index is 1.91. The Kier molecular flexibility index (Phi) is 7.42. The quantitative estimate of drug-likeness (QED) is 0.623. The Morgan fingerprint density at radius 2 is 1.66 bits per heavy atom. The van der Waals surface area contributed by atoms with Crippen LogP contribution >= 0.6 is 0 Å². The molecule has 0 atom stereocenters. The molecule has 8 nitrogen and oxygen atoms in total. The van der Waals surface area contributed by atoms with E-state index in [1.165, 1.54) is 4.31 Å². The van der Waals surface area contributed by atoms with Crippen LogP contribution in [-0.4, -0.2) is 63.4 Å². The number of amides is 3. The molecule has 1 saturated heterocycles. The molecule has 0 unspecified atom stereocenters. The summed E-state index contributed by atoms with van der Waals surface area (Å²) in [5, 5.41) is 4.90. The summed E-state index contributed by atoms with van der Waals surface area (Å²) in [6.45, 7) is 11.7. The van der Waals surface area contributed by atoms with E-state index in [1.807, 2.05) is 26.0 Å². The van der Waals surface area contributed by atoms with Crippen LogP contribution in [0.3, 0.4) is 0 Å². The van der Waals surface area contributed by atoms with Crippen molar-refractivity contribution >= 4 is 22.0 Å². The number of piperazine rings is 1.